The number of carbonyl (C=O) groups is 1. The molecule has 1 aromatic heterocycles. The van der Waals surface area contributed by atoms with Crippen molar-refractivity contribution in [1.82, 2.24) is 14.8 Å². The molecule has 2 aliphatic heterocycles. The fourth-order valence-corrected chi connectivity index (χ4v) is 7.46. The largest absolute Gasteiger partial charge is 0.494 e. The zero-order valence-electron chi connectivity index (χ0n) is 24.4. The number of nitrogens with one attached hydrogen (secondary N) is 1. The van der Waals surface area contributed by atoms with Crippen LogP contribution in [0.2, 0.25) is 0 Å². The highest BCUT2D eigenvalue weighted by atomic mass is 35.5. The molecule has 6 rings (SSSR count). The zero-order chi connectivity index (χ0) is 28.0. The van der Waals surface area contributed by atoms with E-state index in [1.165, 1.54) is 62.7 Å². The molecule has 0 bridgehead atoms. The SMILES string of the molecule is COc1ccc(-c2ccccc2)c2sc(NC(=O)c3ccccc3C(N3CCCCCC3)N3CCCCCC3)nc12.Cl. The first-order valence-corrected chi connectivity index (χ1v) is 16.0. The number of halogens is 1. The molecule has 3 aromatic carbocycles. The number of hydrogen-bond donors (Lipinski definition) is 1. The van der Waals surface area contributed by atoms with Crippen molar-refractivity contribution >= 4 is 45.0 Å². The molecule has 2 fully saturated rings. The van der Waals surface area contributed by atoms with Gasteiger partial charge in [0, 0.05) is 11.1 Å². The van der Waals surface area contributed by atoms with E-state index in [-0.39, 0.29) is 24.5 Å². The van der Waals surface area contributed by atoms with Crippen molar-refractivity contribution in [2.24, 2.45) is 0 Å². The van der Waals surface area contributed by atoms with Crippen LogP contribution in [0.3, 0.4) is 0 Å². The van der Waals surface area contributed by atoms with Gasteiger partial charge in [-0.15, -0.1) is 12.4 Å². The third-order valence-corrected chi connectivity index (χ3v) is 9.49. The molecule has 3 heterocycles. The highest BCUT2D eigenvalue weighted by Gasteiger charge is 2.31. The van der Waals surface area contributed by atoms with E-state index in [4.69, 9.17) is 9.72 Å². The lowest BCUT2D eigenvalue weighted by Gasteiger charge is -2.40. The summed E-state index contributed by atoms with van der Waals surface area (Å²) in [4.78, 5) is 24.1. The molecule has 8 heteroatoms. The predicted molar refractivity (Wildman–Crippen MR) is 176 cm³/mol. The molecule has 1 N–H and O–H groups in total. The first kappa shape index (κ1) is 30.5. The van der Waals surface area contributed by atoms with Crippen molar-refractivity contribution in [3.8, 4) is 16.9 Å². The Morgan fingerprint density at radius 3 is 2.02 bits per heavy atom. The van der Waals surface area contributed by atoms with Crippen LogP contribution >= 0.6 is 23.7 Å². The lowest BCUT2D eigenvalue weighted by atomic mass is 10.0. The third-order valence-electron chi connectivity index (χ3n) is 8.49. The summed E-state index contributed by atoms with van der Waals surface area (Å²) in [6, 6.07) is 22.5. The molecule has 2 saturated heterocycles. The minimum absolute atomic E-state index is 0. The normalized spacial score (nSPS) is 16.9. The molecule has 0 radical (unpaired) electrons. The fourth-order valence-electron chi connectivity index (χ4n) is 6.44. The van der Waals surface area contributed by atoms with E-state index < -0.39 is 0 Å². The fraction of sp³-hybridized carbons (Fsp3) is 0.412. The molecule has 0 aliphatic carbocycles. The number of nitrogens with zero attached hydrogens (tertiary/aromatic N) is 3. The maximum atomic E-state index is 14.0. The Morgan fingerprint density at radius 2 is 1.40 bits per heavy atom. The predicted octanol–water partition coefficient (Wildman–Crippen LogP) is 8.40. The maximum Gasteiger partial charge on any atom is 0.257 e. The van der Waals surface area contributed by atoms with Crippen LogP contribution in [0, 0.1) is 0 Å². The van der Waals surface area contributed by atoms with Gasteiger partial charge in [0.05, 0.1) is 18.0 Å². The Hall–Kier alpha value is -2.97. The number of ether oxygens (including phenoxy) is 1. The number of likely N-dealkylation sites (tertiary alicyclic amines) is 2. The molecule has 0 saturated carbocycles. The van der Waals surface area contributed by atoms with Crippen LogP contribution in [-0.2, 0) is 0 Å². The summed E-state index contributed by atoms with van der Waals surface area (Å²) in [6.07, 6.45) is 10.1. The van der Waals surface area contributed by atoms with Crippen LogP contribution in [-0.4, -0.2) is 54.0 Å². The van der Waals surface area contributed by atoms with Gasteiger partial charge in [-0.3, -0.25) is 19.9 Å². The van der Waals surface area contributed by atoms with Gasteiger partial charge in [-0.2, -0.15) is 0 Å². The van der Waals surface area contributed by atoms with E-state index in [2.05, 4.69) is 45.4 Å². The topological polar surface area (TPSA) is 57.7 Å². The first-order chi connectivity index (χ1) is 20.2. The molecule has 2 aliphatic rings. The molecular weight excluding hydrogens is 564 g/mol. The number of aromatic nitrogens is 1. The number of amides is 1. The molecule has 0 unspecified atom stereocenters. The van der Waals surface area contributed by atoms with E-state index in [0.29, 0.717) is 10.9 Å². The summed E-state index contributed by atoms with van der Waals surface area (Å²) in [6.45, 7) is 4.32. The lowest BCUT2D eigenvalue weighted by Crippen LogP contribution is -2.43. The van der Waals surface area contributed by atoms with Gasteiger partial charge in [0.25, 0.3) is 5.91 Å². The van der Waals surface area contributed by atoms with Crippen LogP contribution in [0.1, 0.15) is 73.5 Å². The summed E-state index contributed by atoms with van der Waals surface area (Å²) in [5.74, 6) is 0.605. The second-order valence-electron chi connectivity index (χ2n) is 11.2. The van der Waals surface area contributed by atoms with E-state index in [9.17, 15) is 4.79 Å². The number of methoxy groups -OCH3 is 1. The highest BCUT2D eigenvalue weighted by molar-refractivity contribution is 7.23. The average molecular weight is 605 g/mol. The number of benzene rings is 3. The van der Waals surface area contributed by atoms with Gasteiger partial charge in [-0.25, -0.2) is 4.98 Å². The van der Waals surface area contributed by atoms with Crippen molar-refractivity contribution in [1.29, 1.82) is 0 Å². The van der Waals surface area contributed by atoms with Crippen molar-refractivity contribution < 1.29 is 9.53 Å². The van der Waals surface area contributed by atoms with E-state index >= 15 is 0 Å². The standard InChI is InChI=1S/C34H40N4O2S.ClH/c1-40-29-20-19-26(25-15-7-6-8-16-25)31-30(29)35-34(41-31)36-32(39)27-17-9-10-18-28(27)33(37-21-11-2-3-12-22-37)38-23-13-4-5-14-24-38;/h6-10,15-20,33H,2-5,11-14,21-24H2,1H3,(H,35,36,39);1H. The Morgan fingerprint density at radius 1 is 0.810 bits per heavy atom. The molecule has 0 spiro atoms. The zero-order valence-corrected chi connectivity index (χ0v) is 26.0. The van der Waals surface area contributed by atoms with Crippen LogP contribution in [0.15, 0.2) is 66.7 Å². The van der Waals surface area contributed by atoms with Crippen molar-refractivity contribution in [2.75, 3.05) is 38.6 Å². The van der Waals surface area contributed by atoms with Gasteiger partial charge < -0.3 is 4.74 Å². The average Bonchev–Trinajstić information content (AvgIpc) is 3.18. The van der Waals surface area contributed by atoms with Gasteiger partial charge in [0.15, 0.2) is 5.13 Å². The Kier molecular flexibility index (Phi) is 10.5. The minimum Gasteiger partial charge on any atom is -0.494 e. The van der Waals surface area contributed by atoms with Gasteiger partial charge in [-0.05, 0) is 81.2 Å². The summed E-state index contributed by atoms with van der Waals surface area (Å²) < 4.78 is 6.65. The Labute approximate surface area is 259 Å². The Bertz CT molecular complexity index is 1440. The van der Waals surface area contributed by atoms with Gasteiger partial charge in [0.1, 0.15) is 11.3 Å². The first-order valence-electron chi connectivity index (χ1n) is 15.1. The molecule has 222 valence electrons. The van der Waals surface area contributed by atoms with E-state index in [1.807, 2.05) is 36.4 Å². The van der Waals surface area contributed by atoms with Crippen molar-refractivity contribution in [2.45, 2.75) is 57.5 Å². The molecule has 42 heavy (non-hydrogen) atoms. The number of carbonyl (C=O) groups excluding carboxylic acids is 1. The lowest BCUT2D eigenvalue weighted by molar-refractivity contribution is 0.0443. The monoisotopic (exact) mass is 604 g/mol. The summed E-state index contributed by atoms with van der Waals surface area (Å²) >= 11 is 1.50. The quantitative estimate of drug-likeness (QED) is 0.229. The van der Waals surface area contributed by atoms with Crippen molar-refractivity contribution in [3.63, 3.8) is 0 Å². The number of hydrogen-bond acceptors (Lipinski definition) is 6. The summed E-state index contributed by atoms with van der Waals surface area (Å²) in [5.41, 5.74) is 4.82. The van der Waals surface area contributed by atoms with E-state index in [1.54, 1.807) is 7.11 Å². The molecule has 4 aromatic rings. The summed E-state index contributed by atoms with van der Waals surface area (Å²) in [5, 5.41) is 3.77. The smallest absolute Gasteiger partial charge is 0.257 e. The van der Waals surface area contributed by atoms with Crippen molar-refractivity contribution in [3.05, 3.63) is 77.9 Å². The van der Waals surface area contributed by atoms with Crippen LogP contribution in [0.4, 0.5) is 5.13 Å². The minimum atomic E-state index is -0.102. The number of fused-ring (bicyclic) bond motifs is 1. The number of anilines is 1. The van der Waals surface area contributed by atoms with Gasteiger partial charge >= 0.3 is 0 Å². The number of rotatable bonds is 7. The maximum absolute atomic E-state index is 14.0. The Balaban J connectivity index is 0.00000353. The van der Waals surface area contributed by atoms with Crippen LogP contribution < -0.4 is 10.1 Å². The second kappa shape index (κ2) is 14.5. The highest BCUT2D eigenvalue weighted by Crippen LogP contribution is 2.40. The molecule has 6 nitrogen and oxygen atoms in total. The molecule has 0 atom stereocenters. The number of thiazole rings is 1. The molecule has 1 amide bonds. The van der Waals surface area contributed by atoms with Gasteiger partial charge in [-0.1, -0.05) is 85.6 Å². The molecular formula is C34H41ClN4O2S. The van der Waals surface area contributed by atoms with Gasteiger partial charge in [0.2, 0.25) is 0 Å². The summed E-state index contributed by atoms with van der Waals surface area (Å²) in [7, 11) is 1.66. The van der Waals surface area contributed by atoms with Crippen LogP contribution in [0.25, 0.3) is 21.3 Å². The third kappa shape index (κ3) is 6.65. The second-order valence-corrected chi connectivity index (χ2v) is 12.2. The van der Waals surface area contributed by atoms with Crippen LogP contribution in [0.5, 0.6) is 5.75 Å². The van der Waals surface area contributed by atoms with E-state index in [0.717, 1.165) is 58.6 Å².